The minimum Gasteiger partial charge on any atom is -0.393 e. The molecule has 2 heteroatoms. The van der Waals surface area contributed by atoms with E-state index in [4.69, 9.17) is 5.11 Å². The van der Waals surface area contributed by atoms with E-state index < -0.39 is 0 Å². The van der Waals surface area contributed by atoms with Crippen molar-refractivity contribution in [2.75, 3.05) is 0 Å². The van der Waals surface area contributed by atoms with E-state index in [2.05, 4.69) is 0 Å². The zero-order valence-corrected chi connectivity index (χ0v) is 6.99. The van der Waals surface area contributed by atoms with Crippen LogP contribution in [0, 0.1) is 0 Å². The van der Waals surface area contributed by atoms with Crippen LogP contribution >= 0.6 is 0 Å². The van der Waals surface area contributed by atoms with Crippen LogP contribution in [0.4, 0.5) is 0 Å². The number of aldehydes is 1. The van der Waals surface area contributed by atoms with Crippen LogP contribution in [0.25, 0.3) is 0 Å². The Bertz CT molecular complexity index is 119. The van der Waals surface area contributed by atoms with Gasteiger partial charge in [0.15, 0.2) is 0 Å². The van der Waals surface area contributed by atoms with Gasteiger partial charge in [-0.25, -0.2) is 0 Å². The third-order valence-electron chi connectivity index (χ3n) is 1.54. The minimum atomic E-state index is -0.184. The molecule has 0 saturated heterocycles. The highest BCUT2D eigenvalue weighted by molar-refractivity contribution is 5.51. The van der Waals surface area contributed by atoms with Gasteiger partial charge in [0, 0.05) is 6.42 Å². The number of rotatable bonds is 6. The van der Waals surface area contributed by atoms with Gasteiger partial charge in [-0.3, -0.25) is 0 Å². The number of hydrogen-bond donors (Lipinski definition) is 1. The molecule has 0 aliphatic rings. The molecule has 0 radical (unpaired) electrons. The predicted molar refractivity (Wildman–Crippen MR) is 45.4 cm³/mol. The summed E-state index contributed by atoms with van der Waals surface area (Å²) in [7, 11) is 0. The lowest BCUT2D eigenvalue weighted by Gasteiger charge is -2.02. The summed E-state index contributed by atoms with van der Waals surface area (Å²) in [5, 5.41) is 9.11. The first kappa shape index (κ1) is 10.4. The predicted octanol–water partition coefficient (Wildman–Crippen LogP) is 1.68. The monoisotopic (exact) mass is 156 g/mol. The number of aliphatic hydroxyl groups excluding tert-OH is 1. The van der Waals surface area contributed by atoms with Crippen molar-refractivity contribution >= 4 is 6.29 Å². The highest BCUT2D eigenvalue weighted by Gasteiger charge is 1.96. The number of carbonyl (C=O) groups is 1. The maximum absolute atomic E-state index is 9.86. The fraction of sp³-hybridized carbons (Fsp3) is 0.667. The van der Waals surface area contributed by atoms with E-state index in [-0.39, 0.29) is 6.10 Å². The van der Waals surface area contributed by atoms with Crippen molar-refractivity contribution in [3.63, 3.8) is 0 Å². The molecule has 1 unspecified atom stereocenters. The van der Waals surface area contributed by atoms with Gasteiger partial charge in [-0.05, 0) is 19.3 Å². The zero-order chi connectivity index (χ0) is 8.53. The van der Waals surface area contributed by atoms with Gasteiger partial charge in [0.1, 0.15) is 6.29 Å². The van der Waals surface area contributed by atoms with Crippen LogP contribution in [-0.2, 0) is 4.79 Å². The standard InChI is InChI=1S/C9H16O2/c1-2-9(11)7-5-3-4-6-8-10/h3-4,8-9,11H,2,5-7H2,1H3. The molecule has 0 aliphatic heterocycles. The van der Waals surface area contributed by atoms with E-state index >= 15 is 0 Å². The van der Waals surface area contributed by atoms with Crippen molar-refractivity contribution < 1.29 is 9.90 Å². The average Bonchev–Trinajstić information content (AvgIpc) is 2.04. The van der Waals surface area contributed by atoms with Crippen molar-refractivity contribution in [1.29, 1.82) is 0 Å². The normalized spacial score (nSPS) is 13.6. The number of allylic oxidation sites excluding steroid dienone is 2. The lowest BCUT2D eigenvalue weighted by molar-refractivity contribution is -0.107. The SMILES string of the molecule is CCC(O)CCC=CCC=O. The molecule has 0 aliphatic carbocycles. The highest BCUT2D eigenvalue weighted by atomic mass is 16.3. The van der Waals surface area contributed by atoms with Gasteiger partial charge >= 0.3 is 0 Å². The quantitative estimate of drug-likeness (QED) is 0.469. The second-order valence-electron chi connectivity index (χ2n) is 2.51. The van der Waals surface area contributed by atoms with Gasteiger partial charge in [0.05, 0.1) is 6.10 Å². The summed E-state index contributed by atoms with van der Waals surface area (Å²) >= 11 is 0. The van der Waals surface area contributed by atoms with Crippen LogP contribution in [-0.4, -0.2) is 17.5 Å². The summed E-state index contributed by atoms with van der Waals surface area (Å²) in [6, 6.07) is 0. The molecule has 0 amide bonds. The third-order valence-corrected chi connectivity index (χ3v) is 1.54. The summed E-state index contributed by atoms with van der Waals surface area (Å²) in [5.74, 6) is 0. The first-order valence-corrected chi connectivity index (χ1v) is 4.08. The maximum atomic E-state index is 9.86. The Morgan fingerprint density at radius 1 is 1.45 bits per heavy atom. The molecule has 11 heavy (non-hydrogen) atoms. The molecular weight excluding hydrogens is 140 g/mol. The van der Waals surface area contributed by atoms with Crippen molar-refractivity contribution in [3.05, 3.63) is 12.2 Å². The Hall–Kier alpha value is -0.630. The Morgan fingerprint density at radius 3 is 2.73 bits per heavy atom. The molecule has 0 fully saturated rings. The van der Waals surface area contributed by atoms with Crippen molar-refractivity contribution in [1.82, 2.24) is 0 Å². The van der Waals surface area contributed by atoms with E-state index in [0.29, 0.717) is 6.42 Å². The highest BCUT2D eigenvalue weighted by Crippen LogP contribution is 2.01. The van der Waals surface area contributed by atoms with Gasteiger partial charge in [-0.1, -0.05) is 19.1 Å². The molecule has 0 aromatic heterocycles. The molecule has 2 nitrogen and oxygen atoms in total. The topological polar surface area (TPSA) is 37.3 Å². The smallest absolute Gasteiger partial charge is 0.123 e. The average molecular weight is 156 g/mol. The second kappa shape index (κ2) is 7.48. The Kier molecular flexibility index (Phi) is 7.05. The summed E-state index contributed by atoms with van der Waals surface area (Å²) < 4.78 is 0. The van der Waals surface area contributed by atoms with Crippen LogP contribution < -0.4 is 0 Å². The fourth-order valence-electron chi connectivity index (χ4n) is 0.762. The lowest BCUT2D eigenvalue weighted by atomic mass is 10.1. The van der Waals surface area contributed by atoms with Crippen LogP contribution in [0.15, 0.2) is 12.2 Å². The molecule has 1 N–H and O–H groups in total. The first-order valence-electron chi connectivity index (χ1n) is 4.08. The minimum absolute atomic E-state index is 0.184. The molecule has 0 aromatic rings. The van der Waals surface area contributed by atoms with Crippen molar-refractivity contribution in [2.24, 2.45) is 0 Å². The molecule has 1 atom stereocenters. The molecule has 0 rings (SSSR count). The van der Waals surface area contributed by atoms with E-state index in [1.54, 1.807) is 0 Å². The van der Waals surface area contributed by atoms with Crippen LogP contribution in [0.2, 0.25) is 0 Å². The van der Waals surface area contributed by atoms with Crippen LogP contribution in [0.5, 0.6) is 0 Å². The Labute approximate surface area is 67.9 Å². The summed E-state index contributed by atoms with van der Waals surface area (Å²) in [4.78, 5) is 9.86. The molecule has 0 bridgehead atoms. The molecule has 0 saturated carbocycles. The third kappa shape index (κ3) is 7.26. The van der Waals surface area contributed by atoms with Crippen molar-refractivity contribution in [3.8, 4) is 0 Å². The Morgan fingerprint density at radius 2 is 2.18 bits per heavy atom. The van der Waals surface area contributed by atoms with Crippen LogP contribution in [0.1, 0.15) is 32.6 Å². The maximum Gasteiger partial charge on any atom is 0.123 e. The second-order valence-corrected chi connectivity index (χ2v) is 2.51. The van der Waals surface area contributed by atoms with Gasteiger partial charge < -0.3 is 9.90 Å². The molecule has 64 valence electrons. The molecular formula is C9H16O2. The summed E-state index contributed by atoms with van der Waals surface area (Å²) in [6.07, 6.45) is 7.41. The lowest BCUT2D eigenvalue weighted by Crippen LogP contribution is -2.02. The number of aliphatic hydroxyl groups is 1. The van der Waals surface area contributed by atoms with Gasteiger partial charge in [-0.15, -0.1) is 0 Å². The summed E-state index contributed by atoms with van der Waals surface area (Å²) in [5.41, 5.74) is 0. The number of hydrogen-bond acceptors (Lipinski definition) is 2. The molecule has 0 spiro atoms. The van der Waals surface area contributed by atoms with Crippen molar-refractivity contribution in [2.45, 2.75) is 38.7 Å². The van der Waals surface area contributed by atoms with E-state index in [1.165, 1.54) is 0 Å². The molecule has 0 aromatic carbocycles. The summed E-state index contributed by atoms with van der Waals surface area (Å²) in [6.45, 7) is 1.96. The van der Waals surface area contributed by atoms with Gasteiger partial charge in [-0.2, -0.15) is 0 Å². The Balaban J connectivity index is 3.18. The van der Waals surface area contributed by atoms with E-state index in [1.807, 2.05) is 19.1 Å². The van der Waals surface area contributed by atoms with E-state index in [9.17, 15) is 4.79 Å². The largest absolute Gasteiger partial charge is 0.393 e. The zero-order valence-electron chi connectivity index (χ0n) is 6.99. The molecule has 0 heterocycles. The number of carbonyl (C=O) groups excluding carboxylic acids is 1. The fourth-order valence-corrected chi connectivity index (χ4v) is 0.762. The first-order chi connectivity index (χ1) is 5.31. The van der Waals surface area contributed by atoms with Crippen LogP contribution in [0.3, 0.4) is 0 Å². The van der Waals surface area contributed by atoms with E-state index in [0.717, 1.165) is 25.5 Å². The van der Waals surface area contributed by atoms with Gasteiger partial charge in [0.25, 0.3) is 0 Å². The van der Waals surface area contributed by atoms with Gasteiger partial charge in [0.2, 0.25) is 0 Å².